The Bertz CT molecular complexity index is 878. The SMILES string of the molecule is CCCCCCCC[S+]([O-])C(C)Cc1ccc2c(c1)OCO2.c1ccc2sccc2c1. The Morgan fingerprint density at radius 2 is 1.74 bits per heavy atom. The van der Waals surface area contributed by atoms with Gasteiger partial charge in [-0.1, -0.05) is 68.0 Å². The van der Waals surface area contributed by atoms with Gasteiger partial charge in [0.05, 0.1) is 0 Å². The van der Waals surface area contributed by atoms with Gasteiger partial charge in [0.15, 0.2) is 11.5 Å². The number of hydrogen-bond donors (Lipinski definition) is 0. The van der Waals surface area contributed by atoms with Gasteiger partial charge in [-0.15, -0.1) is 11.3 Å². The van der Waals surface area contributed by atoms with Crippen LogP contribution in [0.4, 0.5) is 0 Å². The monoisotopic (exact) mass is 458 g/mol. The van der Waals surface area contributed by atoms with Gasteiger partial charge in [-0.3, -0.25) is 0 Å². The minimum Gasteiger partial charge on any atom is -0.616 e. The molecule has 2 heterocycles. The average molecular weight is 459 g/mol. The minimum absolute atomic E-state index is 0.191. The molecule has 5 heteroatoms. The Kier molecular flexibility index (Phi) is 10.0. The molecule has 2 aromatic carbocycles. The molecule has 168 valence electrons. The van der Waals surface area contributed by atoms with Gasteiger partial charge in [-0.25, -0.2) is 0 Å². The maximum atomic E-state index is 12.3. The number of ether oxygens (including phenoxy) is 2. The molecule has 2 unspecified atom stereocenters. The highest BCUT2D eigenvalue weighted by Crippen LogP contribution is 2.33. The number of benzene rings is 2. The second-order valence-electron chi connectivity index (χ2n) is 8.01. The second-order valence-corrected chi connectivity index (χ2v) is 10.9. The van der Waals surface area contributed by atoms with Crippen LogP contribution in [0, 0.1) is 0 Å². The predicted octanol–water partition coefficient (Wildman–Crippen LogP) is 7.36. The zero-order valence-corrected chi connectivity index (χ0v) is 20.3. The molecule has 31 heavy (non-hydrogen) atoms. The van der Waals surface area contributed by atoms with Crippen molar-refractivity contribution in [3.8, 4) is 11.5 Å². The van der Waals surface area contributed by atoms with E-state index in [2.05, 4.69) is 49.6 Å². The molecule has 0 bridgehead atoms. The van der Waals surface area contributed by atoms with Crippen molar-refractivity contribution < 1.29 is 14.0 Å². The molecule has 0 aliphatic carbocycles. The quantitative estimate of drug-likeness (QED) is 0.235. The van der Waals surface area contributed by atoms with E-state index in [4.69, 9.17) is 9.47 Å². The third-order valence-corrected chi connectivity index (χ3v) is 8.12. The number of thiophene rings is 1. The Labute approximate surface area is 194 Å². The van der Waals surface area contributed by atoms with Crippen LogP contribution in [0.2, 0.25) is 0 Å². The molecule has 1 aliphatic heterocycles. The molecule has 3 aromatic rings. The molecule has 2 atom stereocenters. The van der Waals surface area contributed by atoms with Crippen LogP contribution in [0.25, 0.3) is 10.1 Å². The molecule has 0 spiro atoms. The molecular weight excluding hydrogens is 424 g/mol. The lowest BCUT2D eigenvalue weighted by Gasteiger charge is -2.18. The van der Waals surface area contributed by atoms with E-state index in [1.54, 1.807) is 11.3 Å². The minimum atomic E-state index is -0.743. The van der Waals surface area contributed by atoms with Crippen molar-refractivity contribution in [2.75, 3.05) is 12.5 Å². The van der Waals surface area contributed by atoms with Crippen molar-refractivity contribution in [1.29, 1.82) is 0 Å². The third kappa shape index (κ3) is 7.74. The van der Waals surface area contributed by atoms with E-state index in [0.29, 0.717) is 6.79 Å². The highest BCUT2D eigenvalue weighted by molar-refractivity contribution is 7.91. The zero-order valence-electron chi connectivity index (χ0n) is 18.7. The Balaban J connectivity index is 0.000000248. The average Bonchev–Trinajstić information content (AvgIpc) is 3.45. The third-order valence-electron chi connectivity index (χ3n) is 5.47. The lowest BCUT2D eigenvalue weighted by Crippen LogP contribution is -2.23. The Morgan fingerprint density at radius 1 is 0.968 bits per heavy atom. The van der Waals surface area contributed by atoms with Gasteiger partial charge in [0.2, 0.25) is 6.79 Å². The first kappa shape index (κ1) is 24.0. The lowest BCUT2D eigenvalue weighted by atomic mass is 10.1. The van der Waals surface area contributed by atoms with Gasteiger partial charge < -0.3 is 14.0 Å². The normalized spacial score (nSPS) is 14.2. The van der Waals surface area contributed by atoms with Crippen molar-refractivity contribution in [1.82, 2.24) is 0 Å². The maximum absolute atomic E-state index is 12.3. The predicted molar refractivity (Wildman–Crippen MR) is 134 cm³/mol. The van der Waals surface area contributed by atoms with Crippen LogP contribution in [0.1, 0.15) is 57.9 Å². The van der Waals surface area contributed by atoms with Crippen LogP contribution < -0.4 is 9.47 Å². The zero-order chi connectivity index (χ0) is 21.9. The fourth-order valence-electron chi connectivity index (χ4n) is 3.62. The molecule has 0 amide bonds. The first-order chi connectivity index (χ1) is 15.2. The van der Waals surface area contributed by atoms with Gasteiger partial charge in [0.1, 0.15) is 11.0 Å². The van der Waals surface area contributed by atoms with Gasteiger partial charge in [0, 0.05) is 11.1 Å². The van der Waals surface area contributed by atoms with E-state index < -0.39 is 11.2 Å². The summed E-state index contributed by atoms with van der Waals surface area (Å²) in [6, 6.07) is 16.5. The standard InChI is InChI=1S/C18H28O3S.C8H6S/c1-3-4-5-6-7-8-11-22(19)15(2)12-16-9-10-17-18(13-16)21-14-20-17;1-2-4-8-7(3-1)5-6-9-8/h9-10,13,15H,3-8,11-12,14H2,1-2H3;1-6H. The van der Waals surface area contributed by atoms with E-state index in [0.717, 1.165) is 30.1 Å². The van der Waals surface area contributed by atoms with Crippen molar-refractivity contribution >= 4 is 32.6 Å². The summed E-state index contributed by atoms with van der Waals surface area (Å²) < 4.78 is 24.4. The molecule has 1 aromatic heterocycles. The maximum Gasteiger partial charge on any atom is 0.231 e. The highest BCUT2D eigenvalue weighted by atomic mass is 32.2. The molecule has 0 N–H and O–H groups in total. The van der Waals surface area contributed by atoms with E-state index in [-0.39, 0.29) is 5.25 Å². The molecule has 0 saturated heterocycles. The molecular formula is C26H34O3S2. The van der Waals surface area contributed by atoms with Gasteiger partial charge in [-0.2, -0.15) is 0 Å². The summed E-state index contributed by atoms with van der Waals surface area (Å²) in [5.41, 5.74) is 1.17. The summed E-state index contributed by atoms with van der Waals surface area (Å²) in [6.07, 6.45) is 8.32. The van der Waals surface area contributed by atoms with Gasteiger partial charge in [0.25, 0.3) is 0 Å². The molecule has 0 radical (unpaired) electrons. The van der Waals surface area contributed by atoms with Gasteiger partial charge >= 0.3 is 0 Å². The first-order valence-corrected chi connectivity index (χ1v) is 13.6. The topological polar surface area (TPSA) is 41.5 Å². The van der Waals surface area contributed by atoms with Crippen molar-refractivity contribution in [2.45, 2.75) is 64.0 Å². The summed E-state index contributed by atoms with van der Waals surface area (Å²) >= 11 is 1.04. The molecule has 0 saturated carbocycles. The summed E-state index contributed by atoms with van der Waals surface area (Å²) in [5, 5.41) is 3.66. The van der Waals surface area contributed by atoms with Crippen molar-refractivity contribution in [2.24, 2.45) is 0 Å². The molecule has 4 rings (SSSR count). The molecule has 1 aliphatic rings. The van der Waals surface area contributed by atoms with Crippen molar-refractivity contribution in [3.05, 3.63) is 59.5 Å². The second kappa shape index (κ2) is 13.0. The van der Waals surface area contributed by atoms with Crippen LogP contribution in [0.5, 0.6) is 11.5 Å². The fourth-order valence-corrected chi connectivity index (χ4v) is 5.68. The molecule has 0 fully saturated rings. The van der Waals surface area contributed by atoms with Gasteiger partial charge in [-0.05, 0) is 60.4 Å². The summed E-state index contributed by atoms with van der Waals surface area (Å²) in [6.45, 7) is 4.61. The van der Waals surface area contributed by atoms with Crippen molar-refractivity contribution in [3.63, 3.8) is 0 Å². The lowest BCUT2D eigenvalue weighted by molar-refractivity contribution is 0.174. The number of hydrogen-bond acceptors (Lipinski definition) is 4. The summed E-state index contributed by atoms with van der Waals surface area (Å²) in [5.74, 6) is 2.45. The number of fused-ring (bicyclic) bond motifs is 2. The van der Waals surface area contributed by atoms with Crippen LogP contribution in [-0.4, -0.2) is 22.3 Å². The largest absolute Gasteiger partial charge is 0.616 e. The van der Waals surface area contributed by atoms with Crippen LogP contribution >= 0.6 is 11.3 Å². The van der Waals surface area contributed by atoms with Crippen LogP contribution in [0.3, 0.4) is 0 Å². The summed E-state index contributed by atoms with van der Waals surface area (Å²) in [4.78, 5) is 0. The van der Waals surface area contributed by atoms with E-state index in [1.165, 1.54) is 47.8 Å². The first-order valence-electron chi connectivity index (χ1n) is 11.4. The molecule has 3 nitrogen and oxygen atoms in total. The van der Waals surface area contributed by atoms with E-state index >= 15 is 0 Å². The fraction of sp³-hybridized carbons (Fsp3) is 0.462. The summed E-state index contributed by atoms with van der Waals surface area (Å²) in [7, 11) is 0. The number of unbranched alkanes of at least 4 members (excludes halogenated alkanes) is 5. The highest BCUT2D eigenvalue weighted by Gasteiger charge is 2.19. The number of rotatable bonds is 10. The van der Waals surface area contributed by atoms with E-state index in [9.17, 15) is 4.55 Å². The van der Waals surface area contributed by atoms with Crippen LogP contribution in [-0.2, 0) is 17.6 Å². The van der Waals surface area contributed by atoms with E-state index in [1.807, 2.05) is 18.2 Å². The Morgan fingerprint density at radius 3 is 2.58 bits per heavy atom. The van der Waals surface area contributed by atoms with Crippen LogP contribution in [0.15, 0.2) is 53.9 Å². The Hall–Kier alpha value is -1.69. The smallest absolute Gasteiger partial charge is 0.231 e.